The van der Waals surface area contributed by atoms with Crippen LogP contribution in [-0.2, 0) is 9.47 Å². The quantitative estimate of drug-likeness (QED) is 0.708. The van der Waals surface area contributed by atoms with Crippen molar-refractivity contribution in [2.75, 3.05) is 19.8 Å². The van der Waals surface area contributed by atoms with E-state index in [2.05, 4.69) is 10.6 Å². The van der Waals surface area contributed by atoms with E-state index >= 15 is 0 Å². The molecule has 2 aliphatic heterocycles. The number of carbonyl (C=O) groups excluding carboxylic acids is 1. The first-order chi connectivity index (χ1) is 10.2. The van der Waals surface area contributed by atoms with Gasteiger partial charge in [0.25, 0.3) is 0 Å². The summed E-state index contributed by atoms with van der Waals surface area (Å²) in [7, 11) is 0. The number of hydrogen-bond donors (Lipinski definition) is 2. The van der Waals surface area contributed by atoms with E-state index in [-0.39, 0.29) is 23.6 Å². The van der Waals surface area contributed by atoms with Crippen molar-refractivity contribution in [1.29, 1.82) is 0 Å². The first kappa shape index (κ1) is 15.1. The third kappa shape index (κ3) is 3.51. The third-order valence-electron chi connectivity index (χ3n) is 5.44. The Kier molecular flexibility index (Phi) is 4.69. The van der Waals surface area contributed by atoms with Gasteiger partial charge in [0.15, 0.2) is 0 Å². The molecule has 3 atom stereocenters. The maximum absolute atomic E-state index is 12.1. The van der Waals surface area contributed by atoms with Crippen molar-refractivity contribution in [3.8, 4) is 0 Å². The second kappa shape index (κ2) is 6.53. The molecule has 0 spiro atoms. The van der Waals surface area contributed by atoms with Crippen LogP contribution in [0.1, 0.15) is 51.9 Å². The molecule has 2 heterocycles. The fourth-order valence-corrected chi connectivity index (χ4v) is 3.90. The van der Waals surface area contributed by atoms with Gasteiger partial charge in [-0.15, -0.1) is 0 Å². The molecular weight excluding hydrogens is 268 g/mol. The van der Waals surface area contributed by atoms with Crippen LogP contribution in [0.15, 0.2) is 0 Å². The number of rotatable bonds is 7. The molecular formula is C16H28N2O3. The topological polar surface area (TPSA) is 59.6 Å². The zero-order valence-electron chi connectivity index (χ0n) is 13.0. The average molecular weight is 296 g/mol. The van der Waals surface area contributed by atoms with Gasteiger partial charge in [-0.1, -0.05) is 6.42 Å². The molecule has 0 radical (unpaired) electrons. The summed E-state index contributed by atoms with van der Waals surface area (Å²) in [4.78, 5) is 12.1. The standard InChI is InChI=1S/C16H28N2O3/c1-2-20-9-8-16(6-3-7-16)11-17-15(19)18-13-10-12-4-5-14(13)21-12/h12-14H,2-11H2,1H3,(H2,17,18,19)/t12-,13-,14-/m1/s1. The van der Waals surface area contributed by atoms with Crippen molar-refractivity contribution >= 4 is 6.03 Å². The summed E-state index contributed by atoms with van der Waals surface area (Å²) in [6.45, 7) is 4.37. The Morgan fingerprint density at radius 3 is 2.81 bits per heavy atom. The number of carbonyl (C=O) groups is 1. The molecule has 5 nitrogen and oxygen atoms in total. The van der Waals surface area contributed by atoms with Crippen molar-refractivity contribution in [2.45, 2.75) is 70.1 Å². The third-order valence-corrected chi connectivity index (χ3v) is 5.44. The maximum Gasteiger partial charge on any atom is 0.315 e. The van der Waals surface area contributed by atoms with Gasteiger partial charge in [0.05, 0.1) is 18.2 Å². The summed E-state index contributed by atoms with van der Waals surface area (Å²) >= 11 is 0. The van der Waals surface area contributed by atoms with E-state index in [9.17, 15) is 4.79 Å². The van der Waals surface area contributed by atoms with Gasteiger partial charge in [-0.2, -0.15) is 0 Å². The largest absolute Gasteiger partial charge is 0.382 e. The Morgan fingerprint density at radius 1 is 1.38 bits per heavy atom. The number of fused-ring (bicyclic) bond motifs is 2. The maximum atomic E-state index is 12.1. The van der Waals surface area contributed by atoms with Gasteiger partial charge >= 0.3 is 6.03 Å². The van der Waals surface area contributed by atoms with Crippen LogP contribution in [0.4, 0.5) is 4.79 Å². The zero-order chi connectivity index (χ0) is 14.7. The highest BCUT2D eigenvalue weighted by Gasteiger charge is 2.42. The fraction of sp³-hybridized carbons (Fsp3) is 0.938. The highest BCUT2D eigenvalue weighted by molar-refractivity contribution is 5.74. The Bertz CT molecular complexity index is 371. The average Bonchev–Trinajstić information content (AvgIpc) is 3.03. The summed E-state index contributed by atoms with van der Waals surface area (Å²) < 4.78 is 11.2. The van der Waals surface area contributed by atoms with Gasteiger partial charge < -0.3 is 20.1 Å². The molecule has 1 aliphatic carbocycles. The summed E-state index contributed by atoms with van der Waals surface area (Å²) in [5.74, 6) is 0. The van der Waals surface area contributed by atoms with Crippen molar-refractivity contribution in [3.63, 3.8) is 0 Å². The van der Waals surface area contributed by atoms with Crippen LogP contribution in [0.25, 0.3) is 0 Å². The van der Waals surface area contributed by atoms with Gasteiger partial charge in [-0.05, 0) is 50.9 Å². The molecule has 120 valence electrons. The molecule has 3 fully saturated rings. The van der Waals surface area contributed by atoms with Gasteiger partial charge in [0.1, 0.15) is 0 Å². The zero-order valence-corrected chi connectivity index (χ0v) is 13.0. The Labute approximate surface area is 127 Å². The minimum Gasteiger partial charge on any atom is -0.382 e. The minimum absolute atomic E-state index is 0.0289. The van der Waals surface area contributed by atoms with E-state index in [1.165, 1.54) is 19.3 Å². The fourth-order valence-electron chi connectivity index (χ4n) is 3.90. The molecule has 2 amide bonds. The van der Waals surface area contributed by atoms with Gasteiger partial charge in [-0.25, -0.2) is 4.79 Å². The second-order valence-corrected chi connectivity index (χ2v) is 6.84. The first-order valence-corrected chi connectivity index (χ1v) is 8.48. The Hall–Kier alpha value is -0.810. The lowest BCUT2D eigenvalue weighted by molar-refractivity contribution is 0.0555. The molecule has 0 aromatic heterocycles. The highest BCUT2D eigenvalue weighted by atomic mass is 16.5. The van der Waals surface area contributed by atoms with E-state index in [0.29, 0.717) is 6.10 Å². The van der Waals surface area contributed by atoms with Gasteiger partial charge in [0, 0.05) is 19.8 Å². The summed E-state index contributed by atoms with van der Waals surface area (Å²) in [5.41, 5.74) is 0.275. The number of urea groups is 1. The molecule has 2 bridgehead atoms. The minimum atomic E-state index is -0.0289. The monoisotopic (exact) mass is 296 g/mol. The van der Waals surface area contributed by atoms with Crippen molar-refractivity contribution in [2.24, 2.45) is 5.41 Å². The molecule has 21 heavy (non-hydrogen) atoms. The van der Waals surface area contributed by atoms with Crippen LogP contribution in [0, 0.1) is 5.41 Å². The predicted molar refractivity (Wildman–Crippen MR) is 80.2 cm³/mol. The van der Waals surface area contributed by atoms with E-state index in [1.807, 2.05) is 6.92 Å². The second-order valence-electron chi connectivity index (χ2n) is 6.84. The number of nitrogens with one attached hydrogen (secondary N) is 2. The highest BCUT2D eigenvalue weighted by Crippen LogP contribution is 2.43. The molecule has 0 aromatic rings. The lowest BCUT2D eigenvalue weighted by Crippen LogP contribution is -2.50. The summed E-state index contributed by atoms with van der Waals surface area (Å²) in [6, 6.07) is 0.184. The van der Waals surface area contributed by atoms with Crippen LogP contribution in [0.5, 0.6) is 0 Å². The van der Waals surface area contributed by atoms with Crippen LogP contribution >= 0.6 is 0 Å². The number of hydrogen-bond acceptors (Lipinski definition) is 3. The molecule has 2 saturated heterocycles. The van der Waals surface area contributed by atoms with E-state index in [0.717, 1.165) is 45.4 Å². The summed E-state index contributed by atoms with van der Waals surface area (Å²) in [6.07, 6.45) is 8.59. The molecule has 5 heteroatoms. The lowest BCUT2D eigenvalue weighted by Gasteiger charge is -2.42. The Morgan fingerprint density at radius 2 is 2.24 bits per heavy atom. The number of amides is 2. The lowest BCUT2D eigenvalue weighted by atomic mass is 9.67. The molecule has 0 aromatic carbocycles. The molecule has 1 saturated carbocycles. The van der Waals surface area contributed by atoms with Crippen molar-refractivity contribution in [1.82, 2.24) is 10.6 Å². The molecule has 3 aliphatic rings. The smallest absolute Gasteiger partial charge is 0.315 e. The first-order valence-electron chi connectivity index (χ1n) is 8.48. The Balaban J connectivity index is 1.38. The van der Waals surface area contributed by atoms with Gasteiger partial charge in [0.2, 0.25) is 0 Å². The predicted octanol–water partition coefficient (Wildman–Crippen LogP) is 2.20. The van der Waals surface area contributed by atoms with Crippen molar-refractivity contribution in [3.05, 3.63) is 0 Å². The summed E-state index contributed by atoms with van der Waals surface area (Å²) in [5, 5.41) is 6.17. The van der Waals surface area contributed by atoms with Crippen molar-refractivity contribution < 1.29 is 14.3 Å². The van der Waals surface area contributed by atoms with E-state index in [1.54, 1.807) is 0 Å². The van der Waals surface area contributed by atoms with Crippen LogP contribution < -0.4 is 10.6 Å². The normalized spacial score (nSPS) is 32.7. The van der Waals surface area contributed by atoms with E-state index < -0.39 is 0 Å². The van der Waals surface area contributed by atoms with Crippen LogP contribution in [-0.4, -0.2) is 44.0 Å². The molecule has 2 N–H and O–H groups in total. The molecule has 0 unspecified atom stereocenters. The van der Waals surface area contributed by atoms with E-state index in [4.69, 9.17) is 9.47 Å². The van der Waals surface area contributed by atoms with Crippen LogP contribution in [0.2, 0.25) is 0 Å². The van der Waals surface area contributed by atoms with Crippen LogP contribution in [0.3, 0.4) is 0 Å². The SMILES string of the molecule is CCOCCC1(CNC(=O)N[C@@H]2C[C@H]3CC[C@H]2O3)CCC1. The van der Waals surface area contributed by atoms with Gasteiger partial charge in [-0.3, -0.25) is 0 Å². The number of ether oxygens (including phenoxy) is 2. The molecule has 3 rings (SSSR count).